The number of guanidine groups is 1. The van der Waals surface area contributed by atoms with Gasteiger partial charge in [-0.25, -0.2) is 0 Å². The Morgan fingerprint density at radius 3 is 2.36 bits per heavy atom. The van der Waals surface area contributed by atoms with Crippen molar-refractivity contribution in [1.29, 1.82) is 0 Å². The standard InChI is InChI=1S/C15H33N3O3.HI/c1-6-16-14(18-13-15(2,3)20-5)17-9-7-8-10-21-12-11-19-4;/h6-13H2,1-5H3,(H2,16,17,18);1H. The lowest BCUT2D eigenvalue weighted by atomic mass is 10.1. The molecule has 0 aliphatic heterocycles. The molecule has 0 aromatic rings. The molecule has 0 atom stereocenters. The molecule has 0 saturated carbocycles. The molecule has 6 nitrogen and oxygen atoms in total. The zero-order chi connectivity index (χ0) is 16.0. The van der Waals surface area contributed by atoms with E-state index in [-0.39, 0.29) is 29.6 Å². The van der Waals surface area contributed by atoms with E-state index in [1.165, 1.54) is 0 Å². The average molecular weight is 431 g/mol. The van der Waals surface area contributed by atoms with E-state index in [2.05, 4.69) is 22.5 Å². The number of hydrogen-bond donors (Lipinski definition) is 2. The molecule has 0 aliphatic rings. The van der Waals surface area contributed by atoms with Gasteiger partial charge in [0.1, 0.15) is 0 Å². The number of hydrogen-bond acceptors (Lipinski definition) is 4. The number of halogens is 1. The van der Waals surface area contributed by atoms with Crippen molar-refractivity contribution in [2.75, 3.05) is 53.7 Å². The van der Waals surface area contributed by atoms with Crippen LogP contribution in [0.4, 0.5) is 0 Å². The summed E-state index contributed by atoms with van der Waals surface area (Å²) in [5.74, 6) is 0.836. The molecule has 0 heterocycles. The van der Waals surface area contributed by atoms with Crippen LogP contribution in [0.2, 0.25) is 0 Å². The van der Waals surface area contributed by atoms with Gasteiger partial charge in [0, 0.05) is 33.9 Å². The Bertz CT molecular complexity index is 277. The first kappa shape index (κ1) is 24.1. The monoisotopic (exact) mass is 431 g/mol. The molecular weight excluding hydrogens is 397 g/mol. The third-order valence-electron chi connectivity index (χ3n) is 2.95. The highest BCUT2D eigenvalue weighted by Gasteiger charge is 2.15. The summed E-state index contributed by atoms with van der Waals surface area (Å²) in [6.45, 7) is 10.6. The number of unbranched alkanes of at least 4 members (excludes halogenated alkanes) is 1. The van der Waals surface area contributed by atoms with Gasteiger partial charge >= 0.3 is 0 Å². The highest BCUT2D eigenvalue weighted by atomic mass is 127. The van der Waals surface area contributed by atoms with Crippen LogP contribution in [-0.4, -0.2) is 65.2 Å². The van der Waals surface area contributed by atoms with Gasteiger partial charge in [0.2, 0.25) is 0 Å². The first-order valence-electron chi connectivity index (χ1n) is 7.69. The normalized spacial score (nSPS) is 12.0. The molecule has 0 rings (SSSR count). The van der Waals surface area contributed by atoms with Crippen molar-refractivity contribution in [1.82, 2.24) is 10.6 Å². The first-order chi connectivity index (χ1) is 10.1. The Morgan fingerprint density at radius 1 is 1.05 bits per heavy atom. The molecule has 7 heteroatoms. The lowest BCUT2D eigenvalue weighted by Gasteiger charge is -2.21. The first-order valence-corrected chi connectivity index (χ1v) is 7.69. The largest absolute Gasteiger partial charge is 0.382 e. The van der Waals surface area contributed by atoms with E-state index in [9.17, 15) is 0 Å². The van der Waals surface area contributed by atoms with Crippen LogP contribution in [0.5, 0.6) is 0 Å². The summed E-state index contributed by atoms with van der Waals surface area (Å²) < 4.78 is 15.7. The highest BCUT2D eigenvalue weighted by molar-refractivity contribution is 14.0. The van der Waals surface area contributed by atoms with Crippen molar-refractivity contribution in [3.63, 3.8) is 0 Å². The second-order valence-corrected chi connectivity index (χ2v) is 5.40. The van der Waals surface area contributed by atoms with E-state index in [1.807, 2.05) is 13.8 Å². The van der Waals surface area contributed by atoms with Gasteiger partial charge in [-0.15, -0.1) is 24.0 Å². The summed E-state index contributed by atoms with van der Waals surface area (Å²) in [6.07, 6.45) is 2.07. The molecule has 0 saturated heterocycles. The van der Waals surface area contributed by atoms with Crippen molar-refractivity contribution in [2.24, 2.45) is 4.99 Å². The second-order valence-electron chi connectivity index (χ2n) is 5.40. The lowest BCUT2D eigenvalue weighted by molar-refractivity contribution is 0.0310. The summed E-state index contributed by atoms with van der Waals surface area (Å²) >= 11 is 0. The zero-order valence-electron chi connectivity index (χ0n) is 14.7. The lowest BCUT2D eigenvalue weighted by Crippen LogP contribution is -2.39. The fourth-order valence-corrected chi connectivity index (χ4v) is 1.46. The Balaban J connectivity index is 0. The maximum absolute atomic E-state index is 5.42. The van der Waals surface area contributed by atoms with Crippen LogP contribution < -0.4 is 10.6 Å². The molecule has 0 spiro atoms. The molecule has 0 amide bonds. The molecule has 0 fully saturated rings. The van der Waals surface area contributed by atoms with Crippen LogP contribution in [0.25, 0.3) is 0 Å². The maximum Gasteiger partial charge on any atom is 0.191 e. The Kier molecular flexibility index (Phi) is 17.3. The summed E-state index contributed by atoms with van der Waals surface area (Å²) in [6, 6.07) is 0. The predicted octanol–water partition coefficient (Wildman–Crippen LogP) is 2.03. The van der Waals surface area contributed by atoms with Crippen LogP contribution >= 0.6 is 24.0 Å². The van der Waals surface area contributed by atoms with Crippen LogP contribution in [0, 0.1) is 0 Å². The van der Waals surface area contributed by atoms with Crippen LogP contribution in [0.3, 0.4) is 0 Å². The van der Waals surface area contributed by atoms with Gasteiger partial charge in [0.05, 0.1) is 25.4 Å². The predicted molar refractivity (Wildman–Crippen MR) is 102 cm³/mol. The van der Waals surface area contributed by atoms with Crippen molar-refractivity contribution < 1.29 is 14.2 Å². The summed E-state index contributed by atoms with van der Waals surface area (Å²) in [4.78, 5) is 4.54. The molecule has 0 radical (unpaired) electrons. The summed E-state index contributed by atoms with van der Waals surface area (Å²) in [5, 5.41) is 6.56. The topological polar surface area (TPSA) is 64.1 Å². The summed E-state index contributed by atoms with van der Waals surface area (Å²) in [5.41, 5.74) is -0.239. The van der Waals surface area contributed by atoms with Gasteiger partial charge in [-0.2, -0.15) is 0 Å². The molecule has 2 N–H and O–H groups in total. The molecule has 22 heavy (non-hydrogen) atoms. The van der Waals surface area contributed by atoms with Gasteiger partial charge in [-0.05, 0) is 33.6 Å². The minimum Gasteiger partial charge on any atom is -0.382 e. The number of nitrogens with zero attached hydrogens (tertiary/aromatic N) is 1. The van der Waals surface area contributed by atoms with E-state index >= 15 is 0 Å². The second kappa shape index (κ2) is 15.8. The molecule has 0 aromatic heterocycles. The van der Waals surface area contributed by atoms with Crippen molar-refractivity contribution in [2.45, 2.75) is 39.2 Å². The van der Waals surface area contributed by atoms with E-state index in [4.69, 9.17) is 14.2 Å². The van der Waals surface area contributed by atoms with Crippen molar-refractivity contribution in [3.8, 4) is 0 Å². The minimum atomic E-state index is -0.239. The molecular formula is C15H34IN3O3. The van der Waals surface area contributed by atoms with Gasteiger partial charge in [0.15, 0.2) is 5.96 Å². The molecule has 0 aliphatic carbocycles. The van der Waals surface area contributed by atoms with Crippen molar-refractivity contribution >= 4 is 29.9 Å². The van der Waals surface area contributed by atoms with Gasteiger partial charge in [-0.1, -0.05) is 0 Å². The van der Waals surface area contributed by atoms with E-state index in [0.717, 1.165) is 38.5 Å². The highest BCUT2D eigenvalue weighted by Crippen LogP contribution is 2.06. The molecule has 0 aromatic carbocycles. The van der Waals surface area contributed by atoms with Gasteiger partial charge in [0.25, 0.3) is 0 Å². The number of rotatable bonds is 12. The van der Waals surface area contributed by atoms with E-state index in [1.54, 1.807) is 14.2 Å². The van der Waals surface area contributed by atoms with Gasteiger partial charge < -0.3 is 24.8 Å². The quantitative estimate of drug-likeness (QED) is 0.214. The number of ether oxygens (including phenoxy) is 3. The molecule has 0 unspecified atom stereocenters. The molecule has 134 valence electrons. The maximum atomic E-state index is 5.42. The third kappa shape index (κ3) is 14.8. The van der Waals surface area contributed by atoms with E-state index < -0.39 is 0 Å². The van der Waals surface area contributed by atoms with Crippen LogP contribution in [-0.2, 0) is 14.2 Å². The smallest absolute Gasteiger partial charge is 0.191 e. The van der Waals surface area contributed by atoms with Crippen molar-refractivity contribution in [3.05, 3.63) is 0 Å². The Morgan fingerprint density at radius 2 is 1.77 bits per heavy atom. The summed E-state index contributed by atoms with van der Waals surface area (Å²) in [7, 11) is 3.39. The fraction of sp³-hybridized carbons (Fsp3) is 0.933. The van der Waals surface area contributed by atoms with E-state index in [0.29, 0.717) is 19.8 Å². The molecule has 0 bridgehead atoms. The Hall–Kier alpha value is -0.120. The zero-order valence-corrected chi connectivity index (χ0v) is 17.1. The Labute approximate surface area is 152 Å². The SMILES string of the molecule is CCNC(=NCC(C)(C)OC)NCCCCOCCOC.I. The average Bonchev–Trinajstić information content (AvgIpc) is 2.47. The third-order valence-corrected chi connectivity index (χ3v) is 2.95. The number of methoxy groups -OCH3 is 2. The number of nitrogens with one attached hydrogen (secondary N) is 2. The fourth-order valence-electron chi connectivity index (χ4n) is 1.46. The van der Waals surface area contributed by atoms with Crippen LogP contribution in [0.1, 0.15) is 33.6 Å². The van der Waals surface area contributed by atoms with Crippen LogP contribution in [0.15, 0.2) is 4.99 Å². The number of aliphatic imine (C=N–C) groups is 1. The van der Waals surface area contributed by atoms with Gasteiger partial charge in [-0.3, -0.25) is 4.99 Å². The minimum absolute atomic E-state index is 0.